The summed E-state index contributed by atoms with van der Waals surface area (Å²) in [6.07, 6.45) is 0.0761. The Kier molecular flexibility index (Phi) is 2.56. The number of rotatable bonds is 2. The molecule has 0 bridgehead atoms. The van der Waals surface area contributed by atoms with E-state index in [4.69, 9.17) is 5.11 Å². The van der Waals surface area contributed by atoms with Crippen LogP contribution in [0.2, 0.25) is 0 Å². The van der Waals surface area contributed by atoms with Gasteiger partial charge in [-0.1, -0.05) is 12.1 Å². The normalized spacial score (nSPS) is 10.6. The van der Waals surface area contributed by atoms with E-state index in [0.717, 1.165) is 20.1 Å². The molecule has 1 aromatic carbocycles. The zero-order valence-electron chi connectivity index (χ0n) is 7.16. The van der Waals surface area contributed by atoms with Crippen molar-refractivity contribution in [3.8, 4) is 0 Å². The highest BCUT2D eigenvalue weighted by molar-refractivity contribution is 9.10. The maximum absolute atomic E-state index is 10.6. The molecule has 0 fully saturated rings. The lowest BCUT2D eigenvalue weighted by Crippen LogP contribution is -1.99. The third kappa shape index (κ3) is 1.67. The Morgan fingerprint density at radius 3 is 3.00 bits per heavy atom. The van der Waals surface area contributed by atoms with Crippen LogP contribution in [0.1, 0.15) is 5.56 Å². The Morgan fingerprint density at radius 2 is 2.29 bits per heavy atom. The van der Waals surface area contributed by atoms with Crippen molar-refractivity contribution in [2.75, 3.05) is 0 Å². The summed E-state index contributed by atoms with van der Waals surface area (Å²) < 4.78 is 2.10. The molecule has 1 aromatic heterocycles. The van der Waals surface area contributed by atoms with Crippen molar-refractivity contribution >= 4 is 43.3 Å². The van der Waals surface area contributed by atoms with Gasteiger partial charge in [-0.2, -0.15) is 0 Å². The molecule has 4 heteroatoms. The van der Waals surface area contributed by atoms with Crippen LogP contribution in [0.3, 0.4) is 0 Å². The molecular weight excluding hydrogens is 264 g/mol. The molecule has 72 valence electrons. The van der Waals surface area contributed by atoms with Gasteiger partial charge in [0.05, 0.1) is 6.42 Å². The fraction of sp³-hybridized carbons (Fsp3) is 0.100. The predicted molar refractivity (Wildman–Crippen MR) is 60.9 cm³/mol. The van der Waals surface area contributed by atoms with Crippen LogP contribution in [0.4, 0.5) is 0 Å². The number of halogens is 1. The standard InChI is InChI=1S/C10H7BrO2S/c11-7-5-14-8-3-1-2-6(10(7)8)4-9(12)13/h1-3,5H,4H2,(H,12,13). The topological polar surface area (TPSA) is 37.3 Å². The second kappa shape index (κ2) is 3.71. The lowest BCUT2D eigenvalue weighted by atomic mass is 10.1. The van der Waals surface area contributed by atoms with E-state index in [0.29, 0.717) is 0 Å². The van der Waals surface area contributed by atoms with Gasteiger partial charge < -0.3 is 5.11 Å². The highest BCUT2D eigenvalue weighted by Gasteiger charge is 2.09. The van der Waals surface area contributed by atoms with Crippen molar-refractivity contribution < 1.29 is 9.90 Å². The van der Waals surface area contributed by atoms with Crippen LogP contribution in [0.5, 0.6) is 0 Å². The lowest BCUT2D eigenvalue weighted by Gasteiger charge is -1.99. The Labute approximate surface area is 93.3 Å². The third-order valence-corrected chi connectivity index (χ3v) is 3.86. The first-order valence-corrected chi connectivity index (χ1v) is 5.72. The molecule has 2 aromatic rings. The van der Waals surface area contributed by atoms with Crippen LogP contribution >= 0.6 is 27.3 Å². The van der Waals surface area contributed by atoms with Crippen molar-refractivity contribution in [1.29, 1.82) is 0 Å². The minimum atomic E-state index is -0.796. The minimum absolute atomic E-state index is 0.0761. The summed E-state index contributed by atoms with van der Waals surface area (Å²) in [6, 6.07) is 5.74. The monoisotopic (exact) mass is 270 g/mol. The quantitative estimate of drug-likeness (QED) is 0.910. The summed E-state index contributed by atoms with van der Waals surface area (Å²) in [5.74, 6) is -0.796. The molecule has 0 radical (unpaired) electrons. The van der Waals surface area contributed by atoms with Gasteiger partial charge in [0.1, 0.15) is 0 Å². The number of carbonyl (C=O) groups is 1. The minimum Gasteiger partial charge on any atom is -0.481 e. The van der Waals surface area contributed by atoms with Crippen molar-refractivity contribution in [1.82, 2.24) is 0 Å². The molecule has 2 rings (SSSR count). The highest BCUT2D eigenvalue weighted by Crippen LogP contribution is 2.32. The number of thiophene rings is 1. The van der Waals surface area contributed by atoms with Gasteiger partial charge in [0, 0.05) is 19.9 Å². The molecular formula is C10H7BrO2S. The molecule has 0 spiro atoms. The largest absolute Gasteiger partial charge is 0.481 e. The summed E-state index contributed by atoms with van der Waals surface area (Å²) >= 11 is 5.04. The highest BCUT2D eigenvalue weighted by atomic mass is 79.9. The van der Waals surface area contributed by atoms with E-state index >= 15 is 0 Å². The number of aliphatic carboxylic acids is 1. The van der Waals surface area contributed by atoms with Gasteiger partial charge in [-0.3, -0.25) is 4.79 Å². The number of fused-ring (bicyclic) bond motifs is 1. The van der Waals surface area contributed by atoms with E-state index in [1.54, 1.807) is 11.3 Å². The number of carboxylic acid groups (broad SMARTS) is 1. The average Bonchev–Trinajstić information content (AvgIpc) is 2.48. The fourth-order valence-corrected chi connectivity index (χ4v) is 3.17. The number of hydrogen-bond donors (Lipinski definition) is 1. The molecule has 0 aliphatic rings. The van der Waals surface area contributed by atoms with Crippen LogP contribution < -0.4 is 0 Å². The molecule has 1 heterocycles. The van der Waals surface area contributed by atoms with Crippen LogP contribution in [0.15, 0.2) is 28.1 Å². The van der Waals surface area contributed by atoms with Gasteiger partial charge in [0.15, 0.2) is 0 Å². The average molecular weight is 271 g/mol. The number of benzene rings is 1. The molecule has 2 nitrogen and oxygen atoms in total. The van der Waals surface area contributed by atoms with Gasteiger partial charge in [0.25, 0.3) is 0 Å². The molecule has 0 atom stereocenters. The Balaban J connectivity index is 2.63. The maximum Gasteiger partial charge on any atom is 0.307 e. The van der Waals surface area contributed by atoms with Crippen molar-refractivity contribution in [3.05, 3.63) is 33.6 Å². The zero-order chi connectivity index (χ0) is 10.1. The molecule has 14 heavy (non-hydrogen) atoms. The Bertz CT molecular complexity index is 490. The van der Waals surface area contributed by atoms with Crippen LogP contribution in [0.25, 0.3) is 10.1 Å². The Hall–Kier alpha value is -0.870. The van der Waals surface area contributed by atoms with Gasteiger partial charge in [-0.25, -0.2) is 0 Å². The summed E-state index contributed by atoms with van der Waals surface area (Å²) in [5, 5.41) is 11.8. The van der Waals surface area contributed by atoms with Gasteiger partial charge in [-0.15, -0.1) is 11.3 Å². The first kappa shape index (κ1) is 9.68. The molecule has 0 aliphatic carbocycles. The Morgan fingerprint density at radius 1 is 1.50 bits per heavy atom. The second-order valence-corrected chi connectivity index (χ2v) is 4.71. The molecule has 0 amide bonds. The second-order valence-electron chi connectivity index (χ2n) is 2.94. The van der Waals surface area contributed by atoms with E-state index < -0.39 is 5.97 Å². The van der Waals surface area contributed by atoms with E-state index in [9.17, 15) is 4.79 Å². The van der Waals surface area contributed by atoms with E-state index in [1.807, 2.05) is 23.6 Å². The third-order valence-electron chi connectivity index (χ3n) is 1.98. The predicted octanol–water partition coefficient (Wildman–Crippen LogP) is 3.29. The van der Waals surface area contributed by atoms with Crippen molar-refractivity contribution in [3.63, 3.8) is 0 Å². The molecule has 0 aliphatic heterocycles. The van der Waals surface area contributed by atoms with Crippen LogP contribution in [-0.2, 0) is 11.2 Å². The van der Waals surface area contributed by atoms with Gasteiger partial charge in [-0.05, 0) is 27.6 Å². The first-order valence-electron chi connectivity index (χ1n) is 4.05. The smallest absolute Gasteiger partial charge is 0.307 e. The van der Waals surface area contributed by atoms with Crippen molar-refractivity contribution in [2.45, 2.75) is 6.42 Å². The summed E-state index contributed by atoms with van der Waals surface area (Å²) in [4.78, 5) is 10.6. The van der Waals surface area contributed by atoms with Crippen LogP contribution in [0, 0.1) is 0 Å². The molecule has 1 N–H and O–H groups in total. The number of carboxylic acids is 1. The molecule has 0 saturated carbocycles. The van der Waals surface area contributed by atoms with E-state index in [1.165, 1.54) is 0 Å². The van der Waals surface area contributed by atoms with E-state index in [-0.39, 0.29) is 6.42 Å². The summed E-state index contributed by atoms with van der Waals surface area (Å²) in [6.45, 7) is 0. The van der Waals surface area contributed by atoms with E-state index in [2.05, 4.69) is 15.9 Å². The van der Waals surface area contributed by atoms with Crippen molar-refractivity contribution in [2.24, 2.45) is 0 Å². The molecule has 0 unspecified atom stereocenters. The number of hydrogen-bond acceptors (Lipinski definition) is 2. The van der Waals surface area contributed by atoms with Gasteiger partial charge in [0.2, 0.25) is 0 Å². The zero-order valence-corrected chi connectivity index (χ0v) is 9.56. The molecule has 0 saturated heterocycles. The lowest BCUT2D eigenvalue weighted by molar-refractivity contribution is -0.136. The summed E-state index contributed by atoms with van der Waals surface area (Å²) in [5.41, 5.74) is 0.864. The summed E-state index contributed by atoms with van der Waals surface area (Å²) in [7, 11) is 0. The van der Waals surface area contributed by atoms with Gasteiger partial charge >= 0.3 is 5.97 Å². The first-order chi connectivity index (χ1) is 6.68. The van der Waals surface area contributed by atoms with Crippen LogP contribution in [-0.4, -0.2) is 11.1 Å². The fourth-order valence-electron chi connectivity index (χ4n) is 1.43. The maximum atomic E-state index is 10.6. The SMILES string of the molecule is O=C(O)Cc1cccc2scc(Br)c12.